The van der Waals surface area contributed by atoms with Gasteiger partial charge in [0.15, 0.2) is 0 Å². The quantitative estimate of drug-likeness (QED) is 0.665. The van der Waals surface area contributed by atoms with Crippen molar-refractivity contribution >= 4 is 15.9 Å². The van der Waals surface area contributed by atoms with Gasteiger partial charge in [0.2, 0.25) is 0 Å². The lowest BCUT2D eigenvalue weighted by atomic mass is 9.97. The molecule has 4 heteroatoms. The van der Waals surface area contributed by atoms with E-state index >= 15 is 0 Å². The molecule has 3 N–H and O–H groups in total. The van der Waals surface area contributed by atoms with Crippen LogP contribution in [0.5, 0.6) is 0 Å². The van der Waals surface area contributed by atoms with Crippen LogP contribution in [0.2, 0.25) is 0 Å². The normalized spacial score (nSPS) is 12.4. The fourth-order valence-corrected chi connectivity index (χ4v) is 2.59. The molecule has 0 aliphatic heterocycles. The van der Waals surface area contributed by atoms with E-state index in [9.17, 15) is 4.39 Å². The van der Waals surface area contributed by atoms with Crippen molar-refractivity contribution in [3.05, 3.63) is 69.4 Å². The van der Waals surface area contributed by atoms with Crippen LogP contribution in [-0.2, 0) is 6.42 Å². The van der Waals surface area contributed by atoms with E-state index in [0.717, 1.165) is 17.5 Å². The van der Waals surface area contributed by atoms with E-state index < -0.39 is 0 Å². The van der Waals surface area contributed by atoms with Crippen molar-refractivity contribution < 1.29 is 4.39 Å². The van der Waals surface area contributed by atoms with Crippen LogP contribution in [0.1, 0.15) is 29.7 Å². The van der Waals surface area contributed by atoms with Gasteiger partial charge in [0.25, 0.3) is 0 Å². The fourth-order valence-electron chi connectivity index (χ4n) is 2.10. The maximum absolute atomic E-state index is 13.6. The van der Waals surface area contributed by atoms with Crippen molar-refractivity contribution in [3.63, 3.8) is 0 Å². The van der Waals surface area contributed by atoms with Gasteiger partial charge >= 0.3 is 0 Å². The second-order valence-electron chi connectivity index (χ2n) is 4.34. The molecule has 100 valence electrons. The predicted molar refractivity (Wildman–Crippen MR) is 79.1 cm³/mol. The van der Waals surface area contributed by atoms with Crippen LogP contribution in [0.4, 0.5) is 4.39 Å². The summed E-state index contributed by atoms with van der Waals surface area (Å²) in [7, 11) is 0. The monoisotopic (exact) mass is 322 g/mol. The molecule has 2 aromatic rings. The molecule has 0 radical (unpaired) electrons. The number of hydrazine groups is 1. The summed E-state index contributed by atoms with van der Waals surface area (Å²) in [5.74, 6) is 5.37. The first-order valence-corrected chi connectivity index (χ1v) is 6.95. The smallest absolute Gasteiger partial charge is 0.137 e. The zero-order chi connectivity index (χ0) is 13.8. The standard InChI is InChI=1S/C15H16BrFN2/c1-2-10-5-3-6-11(9-10)15(19-18)12-7-4-8-13(17)14(12)16/h3-9,15,19H,2,18H2,1H3. The maximum atomic E-state index is 13.6. The lowest BCUT2D eigenvalue weighted by Crippen LogP contribution is -2.29. The lowest BCUT2D eigenvalue weighted by Gasteiger charge is -2.19. The number of hydrogen-bond acceptors (Lipinski definition) is 2. The summed E-state index contributed by atoms with van der Waals surface area (Å²) >= 11 is 3.28. The molecule has 0 aliphatic rings. The molecule has 0 saturated heterocycles. The van der Waals surface area contributed by atoms with Crippen molar-refractivity contribution in [1.82, 2.24) is 5.43 Å². The molecule has 2 rings (SSSR count). The van der Waals surface area contributed by atoms with Crippen LogP contribution in [0, 0.1) is 5.82 Å². The molecule has 2 nitrogen and oxygen atoms in total. The number of nitrogens with one attached hydrogen (secondary N) is 1. The van der Waals surface area contributed by atoms with Crippen molar-refractivity contribution in [2.24, 2.45) is 5.84 Å². The summed E-state index contributed by atoms with van der Waals surface area (Å²) in [6.07, 6.45) is 0.954. The molecule has 0 aliphatic carbocycles. The minimum Gasteiger partial charge on any atom is -0.271 e. The van der Waals surface area contributed by atoms with Crippen LogP contribution < -0.4 is 11.3 Å². The highest BCUT2D eigenvalue weighted by Crippen LogP contribution is 2.30. The van der Waals surface area contributed by atoms with Gasteiger partial charge in [-0.05, 0) is 45.1 Å². The van der Waals surface area contributed by atoms with Crippen LogP contribution in [0.25, 0.3) is 0 Å². The molecule has 19 heavy (non-hydrogen) atoms. The number of nitrogens with two attached hydrogens (primary N) is 1. The third-order valence-corrected chi connectivity index (χ3v) is 3.99. The lowest BCUT2D eigenvalue weighted by molar-refractivity contribution is 0.597. The molecule has 1 atom stereocenters. The number of benzene rings is 2. The van der Waals surface area contributed by atoms with E-state index in [0.29, 0.717) is 4.47 Å². The van der Waals surface area contributed by atoms with Crippen LogP contribution in [-0.4, -0.2) is 0 Å². The van der Waals surface area contributed by atoms with E-state index in [4.69, 9.17) is 5.84 Å². The van der Waals surface area contributed by atoms with E-state index in [1.807, 2.05) is 18.2 Å². The Morgan fingerprint density at radius 3 is 2.68 bits per heavy atom. The van der Waals surface area contributed by atoms with Gasteiger partial charge in [-0.1, -0.05) is 43.3 Å². The number of halogens is 2. The molecule has 0 spiro atoms. The summed E-state index contributed by atoms with van der Waals surface area (Å²) in [5, 5.41) is 0. The summed E-state index contributed by atoms with van der Waals surface area (Å²) in [6.45, 7) is 2.10. The first-order valence-electron chi connectivity index (χ1n) is 6.16. The Morgan fingerprint density at radius 1 is 1.26 bits per heavy atom. The minimum atomic E-state index is -0.288. The van der Waals surface area contributed by atoms with Crippen molar-refractivity contribution in [3.8, 4) is 0 Å². The number of aryl methyl sites for hydroxylation is 1. The first kappa shape index (κ1) is 14.2. The van der Waals surface area contributed by atoms with Gasteiger partial charge < -0.3 is 0 Å². The molecule has 1 unspecified atom stereocenters. The molecule has 0 amide bonds. The average Bonchev–Trinajstić information content (AvgIpc) is 2.44. The van der Waals surface area contributed by atoms with Gasteiger partial charge in [-0.25, -0.2) is 9.82 Å². The van der Waals surface area contributed by atoms with Crippen molar-refractivity contribution in [2.75, 3.05) is 0 Å². The number of rotatable bonds is 4. The summed E-state index contributed by atoms with van der Waals surface area (Å²) in [5.41, 5.74) is 5.79. The largest absolute Gasteiger partial charge is 0.271 e. The molecule has 0 saturated carbocycles. The number of hydrogen-bond donors (Lipinski definition) is 2. The summed E-state index contributed by atoms with van der Waals surface area (Å²) in [6, 6.07) is 12.9. The second kappa shape index (κ2) is 6.28. The highest BCUT2D eigenvalue weighted by atomic mass is 79.9. The Kier molecular flexibility index (Phi) is 4.69. The Morgan fingerprint density at radius 2 is 2.00 bits per heavy atom. The summed E-state index contributed by atoms with van der Waals surface area (Å²) < 4.78 is 14.1. The van der Waals surface area contributed by atoms with Crippen LogP contribution in [0.15, 0.2) is 46.9 Å². The maximum Gasteiger partial charge on any atom is 0.137 e. The van der Waals surface area contributed by atoms with E-state index in [1.54, 1.807) is 6.07 Å². The molecule has 0 bridgehead atoms. The van der Waals surface area contributed by atoms with Gasteiger partial charge in [0.05, 0.1) is 10.5 Å². The molecule has 0 fully saturated rings. The molecular weight excluding hydrogens is 307 g/mol. The Hall–Kier alpha value is -1.23. The van der Waals surface area contributed by atoms with Gasteiger partial charge in [-0.3, -0.25) is 5.84 Å². The predicted octanol–water partition coefficient (Wildman–Crippen LogP) is 3.70. The van der Waals surface area contributed by atoms with E-state index in [1.165, 1.54) is 11.6 Å². The molecule has 0 aromatic heterocycles. The highest BCUT2D eigenvalue weighted by molar-refractivity contribution is 9.10. The van der Waals surface area contributed by atoms with Crippen molar-refractivity contribution in [1.29, 1.82) is 0 Å². The Bertz CT molecular complexity index is 572. The van der Waals surface area contributed by atoms with Gasteiger partial charge in [0.1, 0.15) is 5.82 Å². The first-order chi connectivity index (χ1) is 9.17. The fraction of sp³-hybridized carbons (Fsp3) is 0.200. The highest BCUT2D eigenvalue weighted by Gasteiger charge is 2.17. The minimum absolute atomic E-state index is 0.239. The van der Waals surface area contributed by atoms with Crippen LogP contribution in [0.3, 0.4) is 0 Å². The topological polar surface area (TPSA) is 38.0 Å². The molecule has 2 aromatic carbocycles. The average molecular weight is 323 g/mol. The SMILES string of the molecule is CCc1cccc(C(NN)c2cccc(F)c2Br)c1. The van der Waals surface area contributed by atoms with E-state index in [-0.39, 0.29) is 11.9 Å². The van der Waals surface area contributed by atoms with Gasteiger partial charge in [-0.2, -0.15) is 0 Å². The van der Waals surface area contributed by atoms with Crippen LogP contribution >= 0.6 is 15.9 Å². The molecule has 0 heterocycles. The van der Waals surface area contributed by atoms with E-state index in [2.05, 4.69) is 40.4 Å². The zero-order valence-electron chi connectivity index (χ0n) is 10.7. The summed E-state index contributed by atoms with van der Waals surface area (Å²) in [4.78, 5) is 0. The third-order valence-electron chi connectivity index (χ3n) is 3.15. The Balaban J connectivity index is 2.46. The molecular formula is C15H16BrFN2. The van der Waals surface area contributed by atoms with Crippen molar-refractivity contribution in [2.45, 2.75) is 19.4 Å². The van der Waals surface area contributed by atoms with Gasteiger partial charge in [-0.15, -0.1) is 0 Å². The van der Waals surface area contributed by atoms with Gasteiger partial charge in [0, 0.05) is 0 Å². The second-order valence-corrected chi connectivity index (χ2v) is 5.13. The zero-order valence-corrected chi connectivity index (χ0v) is 12.2. The Labute approximate surface area is 120 Å². The third kappa shape index (κ3) is 3.03.